The molecule has 3 aliphatic rings. The van der Waals surface area contributed by atoms with E-state index in [-0.39, 0.29) is 36.3 Å². The molecule has 0 radical (unpaired) electrons. The standard InChI is InChI=1S/C29H36N2O5/c1-19-25(27(32)33)29(22-10-8-9-21(17-22)18-30,15-16-36-24-13-4-3-5-14-24)26(28(34)35)20(2)31(19)23-11-6-7-12-23/h8-10,17,23-24H,3-7,11-16H2,1-2H3,(H,32,33)(H,34,35). The second-order valence-electron chi connectivity index (χ2n) is 10.3. The van der Waals surface area contributed by atoms with Crippen LogP contribution in [0.2, 0.25) is 0 Å². The minimum absolute atomic E-state index is 0.0692. The van der Waals surface area contributed by atoms with E-state index >= 15 is 0 Å². The van der Waals surface area contributed by atoms with Crippen molar-refractivity contribution < 1.29 is 24.5 Å². The summed E-state index contributed by atoms with van der Waals surface area (Å²) in [4.78, 5) is 28.0. The number of benzene rings is 1. The second kappa shape index (κ2) is 10.9. The Bertz CT molecular complexity index is 1080. The molecule has 0 saturated heterocycles. The summed E-state index contributed by atoms with van der Waals surface area (Å²) in [6.45, 7) is 3.84. The molecule has 2 saturated carbocycles. The lowest BCUT2D eigenvalue weighted by atomic mass is 9.63. The van der Waals surface area contributed by atoms with Crippen LogP contribution in [0, 0.1) is 11.3 Å². The number of nitrogens with zero attached hydrogens (tertiary/aromatic N) is 2. The van der Waals surface area contributed by atoms with E-state index in [0.717, 1.165) is 51.4 Å². The zero-order chi connectivity index (χ0) is 25.9. The molecule has 2 N–H and O–H groups in total. The molecule has 0 spiro atoms. The van der Waals surface area contributed by atoms with E-state index in [1.165, 1.54) is 6.42 Å². The first-order valence-corrected chi connectivity index (χ1v) is 13.1. The Balaban J connectivity index is 1.90. The van der Waals surface area contributed by atoms with Crippen LogP contribution < -0.4 is 0 Å². The average Bonchev–Trinajstić information content (AvgIpc) is 3.38. The fourth-order valence-corrected chi connectivity index (χ4v) is 6.77. The summed E-state index contributed by atoms with van der Waals surface area (Å²) in [5.74, 6) is -2.27. The summed E-state index contributed by atoms with van der Waals surface area (Å²) < 4.78 is 6.23. The van der Waals surface area contributed by atoms with Crippen molar-refractivity contribution in [1.29, 1.82) is 5.26 Å². The largest absolute Gasteiger partial charge is 0.478 e. The number of rotatable bonds is 8. The molecule has 0 amide bonds. The molecular weight excluding hydrogens is 456 g/mol. The highest BCUT2D eigenvalue weighted by Crippen LogP contribution is 2.51. The Morgan fingerprint density at radius 1 is 1.00 bits per heavy atom. The molecular formula is C29H36N2O5. The number of carboxylic acids is 2. The van der Waals surface area contributed by atoms with Crippen molar-refractivity contribution >= 4 is 11.9 Å². The van der Waals surface area contributed by atoms with E-state index in [2.05, 4.69) is 6.07 Å². The van der Waals surface area contributed by atoms with Crippen LogP contribution in [0.3, 0.4) is 0 Å². The van der Waals surface area contributed by atoms with Crippen molar-refractivity contribution in [3.63, 3.8) is 0 Å². The molecule has 36 heavy (non-hydrogen) atoms. The number of allylic oxidation sites excluding steroid dienone is 2. The molecule has 0 bridgehead atoms. The predicted octanol–water partition coefficient (Wildman–Crippen LogP) is 5.51. The minimum Gasteiger partial charge on any atom is -0.478 e. The maximum Gasteiger partial charge on any atom is 0.334 e. The third kappa shape index (κ3) is 4.67. The number of carbonyl (C=O) groups is 2. The number of carboxylic acid groups (broad SMARTS) is 2. The first-order chi connectivity index (χ1) is 17.3. The van der Waals surface area contributed by atoms with Gasteiger partial charge in [-0.2, -0.15) is 5.26 Å². The van der Waals surface area contributed by atoms with Gasteiger partial charge in [0.2, 0.25) is 0 Å². The van der Waals surface area contributed by atoms with E-state index in [9.17, 15) is 25.1 Å². The highest BCUT2D eigenvalue weighted by molar-refractivity contribution is 6.00. The molecule has 4 rings (SSSR count). The Labute approximate surface area is 213 Å². The smallest absolute Gasteiger partial charge is 0.334 e. The third-order valence-corrected chi connectivity index (χ3v) is 8.28. The zero-order valence-corrected chi connectivity index (χ0v) is 21.3. The quantitative estimate of drug-likeness (QED) is 0.492. The van der Waals surface area contributed by atoms with Crippen molar-refractivity contribution in [2.45, 2.75) is 95.6 Å². The van der Waals surface area contributed by atoms with E-state index < -0.39 is 17.4 Å². The van der Waals surface area contributed by atoms with Crippen molar-refractivity contribution in [2.75, 3.05) is 6.61 Å². The molecule has 7 heteroatoms. The van der Waals surface area contributed by atoms with Gasteiger partial charge in [0.05, 0.1) is 34.3 Å². The molecule has 1 aliphatic heterocycles. The molecule has 1 aromatic rings. The van der Waals surface area contributed by atoms with Gasteiger partial charge in [-0.05, 0) is 63.6 Å². The lowest BCUT2D eigenvalue weighted by Crippen LogP contribution is -2.48. The maximum atomic E-state index is 13.0. The van der Waals surface area contributed by atoms with Crippen LogP contribution in [0.25, 0.3) is 0 Å². The van der Waals surface area contributed by atoms with Gasteiger partial charge in [0, 0.05) is 24.0 Å². The Hall–Kier alpha value is -3.11. The van der Waals surface area contributed by atoms with E-state index in [0.29, 0.717) is 22.5 Å². The number of ether oxygens (including phenoxy) is 1. The lowest BCUT2D eigenvalue weighted by molar-refractivity contribution is -0.135. The Kier molecular flexibility index (Phi) is 7.85. The van der Waals surface area contributed by atoms with Gasteiger partial charge in [0.15, 0.2) is 0 Å². The van der Waals surface area contributed by atoms with Crippen LogP contribution in [-0.4, -0.2) is 45.8 Å². The lowest BCUT2D eigenvalue weighted by Gasteiger charge is -2.47. The summed E-state index contributed by atoms with van der Waals surface area (Å²) in [5.41, 5.74) is 0.729. The fourth-order valence-electron chi connectivity index (χ4n) is 6.77. The van der Waals surface area contributed by atoms with Gasteiger partial charge >= 0.3 is 11.9 Å². The first-order valence-electron chi connectivity index (χ1n) is 13.1. The number of aliphatic carboxylic acids is 2. The molecule has 0 atom stereocenters. The normalized spacial score (nSPS) is 21.1. The summed E-state index contributed by atoms with van der Waals surface area (Å²) in [6.07, 6.45) is 9.50. The van der Waals surface area contributed by atoms with Crippen LogP contribution in [0.15, 0.2) is 46.8 Å². The first kappa shape index (κ1) is 26.0. The maximum absolute atomic E-state index is 13.0. The second-order valence-corrected chi connectivity index (χ2v) is 10.3. The molecule has 2 aliphatic carbocycles. The van der Waals surface area contributed by atoms with E-state index in [4.69, 9.17) is 4.74 Å². The number of nitriles is 1. The van der Waals surface area contributed by atoms with Crippen molar-refractivity contribution in [2.24, 2.45) is 0 Å². The van der Waals surface area contributed by atoms with Crippen molar-refractivity contribution in [3.8, 4) is 6.07 Å². The van der Waals surface area contributed by atoms with Crippen LogP contribution in [-0.2, 0) is 19.7 Å². The molecule has 7 nitrogen and oxygen atoms in total. The number of hydrogen-bond acceptors (Lipinski definition) is 5. The number of hydrogen-bond donors (Lipinski definition) is 2. The van der Waals surface area contributed by atoms with Crippen LogP contribution in [0.4, 0.5) is 0 Å². The van der Waals surface area contributed by atoms with Gasteiger partial charge in [-0.25, -0.2) is 9.59 Å². The third-order valence-electron chi connectivity index (χ3n) is 8.28. The summed E-state index contributed by atoms with van der Waals surface area (Å²) >= 11 is 0. The highest BCUT2D eigenvalue weighted by Gasteiger charge is 2.52. The van der Waals surface area contributed by atoms with Gasteiger partial charge in [-0.1, -0.05) is 44.2 Å². The van der Waals surface area contributed by atoms with Crippen molar-refractivity contribution in [3.05, 3.63) is 57.9 Å². The summed E-state index contributed by atoms with van der Waals surface area (Å²) in [6, 6.07) is 8.94. The molecule has 1 aromatic carbocycles. The van der Waals surface area contributed by atoms with Crippen LogP contribution in [0.5, 0.6) is 0 Å². The Morgan fingerprint density at radius 3 is 2.14 bits per heavy atom. The average molecular weight is 493 g/mol. The van der Waals surface area contributed by atoms with E-state index in [1.54, 1.807) is 38.1 Å². The summed E-state index contributed by atoms with van der Waals surface area (Å²) in [5, 5.41) is 30.8. The van der Waals surface area contributed by atoms with Crippen LogP contribution in [0.1, 0.15) is 89.2 Å². The SMILES string of the molecule is CC1=C(C(=O)O)C(CCOC2CCCCC2)(c2cccc(C#N)c2)C(C(=O)O)=C(C)N1C1CCCC1. The van der Waals surface area contributed by atoms with Gasteiger partial charge in [-0.3, -0.25) is 0 Å². The molecule has 2 fully saturated rings. The monoisotopic (exact) mass is 492 g/mol. The van der Waals surface area contributed by atoms with E-state index in [1.807, 2.05) is 4.90 Å². The van der Waals surface area contributed by atoms with Crippen LogP contribution >= 0.6 is 0 Å². The minimum atomic E-state index is -1.44. The van der Waals surface area contributed by atoms with Crippen molar-refractivity contribution in [1.82, 2.24) is 4.90 Å². The van der Waals surface area contributed by atoms with Gasteiger partial charge in [0.1, 0.15) is 0 Å². The zero-order valence-electron chi connectivity index (χ0n) is 21.3. The fraction of sp³-hybridized carbons (Fsp3) is 0.552. The Morgan fingerprint density at radius 2 is 1.58 bits per heavy atom. The molecule has 192 valence electrons. The molecule has 1 heterocycles. The summed E-state index contributed by atoms with van der Waals surface area (Å²) in [7, 11) is 0. The molecule has 0 unspecified atom stereocenters. The topological polar surface area (TPSA) is 111 Å². The highest BCUT2D eigenvalue weighted by atomic mass is 16.5. The predicted molar refractivity (Wildman–Crippen MR) is 135 cm³/mol. The van der Waals surface area contributed by atoms with Gasteiger partial charge < -0.3 is 19.8 Å². The molecule has 0 aromatic heterocycles. The van der Waals surface area contributed by atoms with Gasteiger partial charge in [0.25, 0.3) is 0 Å². The van der Waals surface area contributed by atoms with Gasteiger partial charge in [-0.15, -0.1) is 0 Å².